The fourth-order valence-electron chi connectivity index (χ4n) is 4.31. The van der Waals surface area contributed by atoms with Crippen molar-refractivity contribution in [3.05, 3.63) is 60.2 Å². The van der Waals surface area contributed by atoms with Gasteiger partial charge in [-0.3, -0.25) is 9.69 Å². The number of hydrogen-bond acceptors (Lipinski definition) is 3. The standard InChI is InChI=1S/C24H27N3O2/c1-16-12-17(2)15-27(14-16)23-13-21(20-6-4-5-7-22(20)26-23)24(28)25-18-8-10-19(29-3)11-9-18/h4-11,13,16-17H,12,14-15H2,1-3H3,(H,25,28)/p+1/t16-,17-/m0/s1. The van der Waals surface area contributed by atoms with Gasteiger partial charge in [-0.05, 0) is 54.7 Å². The summed E-state index contributed by atoms with van der Waals surface area (Å²) in [6.45, 7) is 6.58. The van der Waals surface area contributed by atoms with Gasteiger partial charge in [0.05, 0.1) is 25.8 Å². The molecule has 0 bridgehead atoms. The third kappa shape index (κ3) is 4.19. The van der Waals surface area contributed by atoms with E-state index in [0.29, 0.717) is 17.4 Å². The number of fused-ring (bicyclic) bond motifs is 1. The van der Waals surface area contributed by atoms with Gasteiger partial charge in [-0.2, -0.15) is 0 Å². The molecule has 2 atom stereocenters. The summed E-state index contributed by atoms with van der Waals surface area (Å²) >= 11 is 0. The molecule has 2 aromatic carbocycles. The molecular weight excluding hydrogens is 362 g/mol. The molecule has 0 aliphatic carbocycles. The zero-order valence-corrected chi connectivity index (χ0v) is 17.2. The van der Waals surface area contributed by atoms with E-state index >= 15 is 0 Å². The van der Waals surface area contributed by atoms with Crippen LogP contribution in [0.3, 0.4) is 0 Å². The quantitative estimate of drug-likeness (QED) is 0.718. The van der Waals surface area contributed by atoms with Gasteiger partial charge in [0.2, 0.25) is 0 Å². The van der Waals surface area contributed by atoms with Crippen molar-refractivity contribution in [1.82, 2.24) is 0 Å². The minimum atomic E-state index is -0.111. The Labute approximate surface area is 171 Å². The number of piperidine rings is 1. The number of aromatic nitrogens is 1. The molecule has 1 saturated heterocycles. The van der Waals surface area contributed by atoms with Crippen LogP contribution in [-0.4, -0.2) is 26.1 Å². The molecule has 150 valence electrons. The largest absolute Gasteiger partial charge is 0.497 e. The average Bonchev–Trinajstić information content (AvgIpc) is 2.72. The van der Waals surface area contributed by atoms with Crippen LogP contribution in [0.4, 0.5) is 11.5 Å². The Morgan fingerprint density at radius 1 is 1.07 bits per heavy atom. The molecule has 2 N–H and O–H groups in total. The van der Waals surface area contributed by atoms with E-state index in [2.05, 4.69) is 29.0 Å². The van der Waals surface area contributed by atoms with Crippen LogP contribution in [0.25, 0.3) is 10.9 Å². The summed E-state index contributed by atoms with van der Waals surface area (Å²) in [5.74, 6) is 2.92. The highest BCUT2D eigenvalue weighted by molar-refractivity contribution is 6.12. The smallest absolute Gasteiger partial charge is 0.275 e. The number of amides is 1. The summed E-state index contributed by atoms with van der Waals surface area (Å²) in [5, 5.41) is 3.94. The van der Waals surface area contributed by atoms with Crippen molar-refractivity contribution in [3.63, 3.8) is 0 Å². The lowest BCUT2D eigenvalue weighted by atomic mass is 9.92. The molecule has 4 rings (SSSR count). The molecule has 5 heteroatoms. The molecule has 29 heavy (non-hydrogen) atoms. The maximum atomic E-state index is 13.2. The summed E-state index contributed by atoms with van der Waals surface area (Å²) in [5.41, 5.74) is 2.39. The van der Waals surface area contributed by atoms with E-state index in [1.165, 1.54) is 6.42 Å². The third-order valence-electron chi connectivity index (χ3n) is 5.56. The first-order chi connectivity index (χ1) is 14.0. The summed E-state index contributed by atoms with van der Waals surface area (Å²) < 4.78 is 5.19. The Bertz CT molecular complexity index is 1010. The number of benzene rings is 2. The molecule has 1 amide bonds. The van der Waals surface area contributed by atoms with Crippen molar-refractivity contribution < 1.29 is 14.5 Å². The van der Waals surface area contributed by atoms with Crippen LogP contribution in [0.2, 0.25) is 0 Å². The van der Waals surface area contributed by atoms with E-state index in [0.717, 1.165) is 41.2 Å². The number of methoxy groups -OCH3 is 1. The Hall–Kier alpha value is -3.08. The molecule has 1 aromatic heterocycles. The predicted octanol–water partition coefficient (Wildman–Crippen LogP) is 4.40. The number of anilines is 2. The van der Waals surface area contributed by atoms with E-state index in [1.807, 2.05) is 54.6 Å². The van der Waals surface area contributed by atoms with Gasteiger partial charge < -0.3 is 10.1 Å². The van der Waals surface area contributed by atoms with Crippen molar-refractivity contribution in [2.75, 3.05) is 30.4 Å². The lowest BCUT2D eigenvalue weighted by Gasteiger charge is -2.30. The maximum Gasteiger partial charge on any atom is 0.275 e. The van der Waals surface area contributed by atoms with Gasteiger partial charge >= 0.3 is 0 Å². The number of rotatable bonds is 4. The fraction of sp³-hybridized carbons (Fsp3) is 0.333. The molecule has 3 aromatic rings. The summed E-state index contributed by atoms with van der Waals surface area (Å²) in [6, 6.07) is 17.3. The zero-order chi connectivity index (χ0) is 20.4. The summed E-state index contributed by atoms with van der Waals surface area (Å²) in [7, 11) is 1.63. The Morgan fingerprint density at radius 3 is 2.45 bits per heavy atom. The van der Waals surface area contributed by atoms with Crippen molar-refractivity contribution in [1.29, 1.82) is 0 Å². The SMILES string of the molecule is COc1ccc(NC(=O)c2cc(N3C[C@@H](C)C[C@H](C)C3)[nH+]c3ccccc23)cc1. The third-order valence-corrected chi connectivity index (χ3v) is 5.56. The van der Waals surface area contributed by atoms with Crippen molar-refractivity contribution in [2.24, 2.45) is 11.8 Å². The average molecular weight is 391 g/mol. The molecule has 1 aliphatic heterocycles. The number of nitrogens with zero attached hydrogens (tertiary/aromatic N) is 1. The van der Waals surface area contributed by atoms with E-state index in [9.17, 15) is 4.79 Å². The molecule has 0 saturated carbocycles. The summed E-state index contributed by atoms with van der Waals surface area (Å²) in [6.07, 6.45) is 1.24. The van der Waals surface area contributed by atoms with E-state index in [1.54, 1.807) is 7.11 Å². The van der Waals surface area contributed by atoms with Crippen LogP contribution in [-0.2, 0) is 0 Å². The predicted molar refractivity (Wildman–Crippen MR) is 117 cm³/mol. The van der Waals surface area contributed by atoms with Gasteiger partial charge in [0.15, 0.2) is 0 Å². The lowest BCUT2D eigenvalue weighted by Crippen LogP contribution is -2.41. The van der Waals surface area contributed by atoms with Crippen molar-refractivity contribution in [2.45, 2.75) is 20.3 Å². The number of aromatic amines is 1. The zero-order valence-electron chi connectivity index (χ0n) is 17.2. The van der Waals surface area contributed by atoms with Crippen molar-refractivity contribution in [3.8, 4) is 5.75 Å². The normalized spacial score (nSPS) is 19.2. The number of nitrogens with one attached hydrogen (secondary N) is 2. The lowest BCUT2D eigenvalue weighted by molar-refractivity contribution is -0.331. The minimum absolute atomic E-state index is 0.111. The number of hydrogen-bond donors (Lipinski definition) is 1. The number of ether oxygens (including phenoxy) is 1. The molecule has 1 fully saturated rings. The fourth-order valence-corrected chi connectivity index (χ4v) is 4.31. The highest BCUT2D eigenvalue weighted by Gasteiger charge is 2.29. The topological polar surface area (TPSA) is 55.7 Å². The molecular formula is C24H28N3O2+. The van der Waals surface area contributed by atoms with Crippen LogP contribution >= 0.6 is 0 Å². The monoisotopic (exact) mass is 390 g/mol. The van der Waals surface area contributed by atoms with Crippen LogP contribution in [0, 0.1) is 11.8 Å². The molecule has 0 radical (unpaired) electrons. The highest BCUT2D eigenvalue weighted by Crippen LogP contribution is 2.27. The second-order valence-corrected chi connectivity index (χ2v) is 8.15. The Balaban J connectivity index is 1.69. The second kappa shape index (κ2) is 8.11. The highest BCUT2D eigenvalue weighted by atomic mass is 16.5. The maximum absolute atomic E-state index is 13.2. The molecule has 1 aliphatic rings. The van der Waals surface area contributed by atoms with Crippen LogP contribution < -0.4 is 19.9 Å². The molecule has 5 nitrogen and oxygen atoms in total. The minimum Gasteiger partial charge on any atom is -0.497 e. The first-order valence-electron chi connectivity index (χ1n) is 10.2. The van der Waals surface area contributed by atoms with Gasteiger partial charge in [0, 0.05) is 17.1 Å². The van der Waals surface area contributed by atoms with Gasteiger partial charge in [-0.1, -0.05) is 26.0 Å². The number of H-pyrrole nitrogens is 1. The summed E-state index contributed by atoms with van der Waals surface area (Å²) in [4.78, 5) is 19.1. The van der Waals surface area contributed by atoms with E-state index < -0.39 is 0 Å². The first-order valence-corrected chi connectivity index (χ1v) is 10.2. The van der Waals surface area contributed by atoms with E-state index in [4.69, 9.17) is 4.74 Å². The van der Waals surface area contributed by atoms with Crippen LogP contribution in [0.1, 0.15) is 30.6 Å². The van der Waals surface area contributed by atoms with Crippen LogP contribution in [0.5, 0.6) is 5.75 Å². The molecule has 0 spiro atoms. The number of carbonyl (C=O) groups is 1. The molecule has 2 heterocycles. The van der Waals surface area contributed by atoms with Crippen molar-refractivity contribution >= 4 is 28.3 Å². The Kier molecular flexibility index (Phi) is 5.38. The number of pyridine rings is 1. The van der Waals surface area contributed by atoms with Gasteiger partial charge in [0.25, 0.3) is 11.7 Å². The van der Waals surface area contributed by atoms with Gasteiger partial charge in [-0.25, -0.2) is 4.98 Å². The first kappa shape index (κ1) is 19.2. The number of carbonyl (C=O) groups excluding carboxylic acids is 1. The second-order valence-electron chi connectivity index (χ2n) is 8.15. The van der Waals surface area contributed by atoms with Gasteiger partial charge in [0.1, 0.15) is 11.3 Å². The van der Waals surface area contributed by atoms with Crippen LogP contribution in [0.15, 0.2) is 54.6 Å². The number of para-hydroxylation sites is 1. The van der Waals surface area contributed by atoms with E-state index in [-0.39, 0.29) is 5.91 Å². The Morgan fingerprint density at radius 2 is 1.76 bits per heavy atom. The molecule has 0 unspecified atom stereocenters. The van der Waals surface area contributed by atoms with Gasteiger partial charge in [-0.15, -0.1) is 0 Å².